The summed E-state index contributed by atoms with van der Waals surface area (Å²) in [6, 6.07) is 9.87. The standard InChI is InChI=1S/C19H22ClFN2O3S2/c1-4-17(19(24)22-16-8-6-7-9-18(16)27-5-2)23(28(3,25)26)13-10-11-15(21)14(20)12-13/h6-12,17H,4-5H2,1-3H3,(H,22,24)/t17-/m0/s1. The molecule has 2 aromatic rings. The molecule has 0 heterocycles. The van der Waals surface area contributed by atoms with E-state index in [4.69, 9.17) is 11.6 Å². The number of anilines is 2. The van der Waals surface area contributed by atoms with Gasteiger partial charge in [0.1, 0.15) is 11.9 Å². The SMILES string of the molecule is CCSc1ccccc1NC(=O)[C@H](CC)N(c1ccc(F)c(Cl)c1)S(C)(=O)=O. The lowest BCUT2D eigenvalue weighted by Crippen LogP contribution is -2.47. The zero-order valence-electron chi connectivity index (χ0n) is 15.8. The number of halogens is 2. The largest absolute Gasteiger partial charge is 0.323 e. The molecule has 0 radical (unpaired) electrons. The molecule has 0 saturated carbocycles. The number of hydrogen-bond acceptors (Lipinski definition) is 4. The highest BCUT2D eigenvalue weighted by Crippen LogP contribution is 2.30. The zero-order chi connectivity index (χ0) is 20.9. The minimum atomic E-state index is -3.83. The Bertz CT molecular complexity index is 954. The van der Waals surface area contributed by atoms with Crippen molar-refractivity contribution in [2.45, 2.75) is 31.2 Å². The number of para-hydroxylation sites is 1. The normalized spacial score (nSPS) is 12.5. The van der Waals surface area contributed by atoms with Crippen LogP contribution in [0.5, 0.6) is 0 Å². The number of carbonyl (C=O) groups is 1. The molecule has 28 heavy (non-hydrogen) atoms. The fourth-order valence-corrected chi connectivity index (χ4v) is 4.89. The summed E-state index contributed by atoms with van der Waals surface area (Å²) in [6.45, 7) is 3.71. The topological polar surface area (TPSA) is 66.5 Å². The van der Waals surface area contributed by atoms with Gasteiger partial charge < -0.3 is 5.32 Å². The van der Waals surface area contributed by atoms with Crippen molar-refractivity contribution in [2.24, 2.45) is 0 Å². The number of nitrogens with one attached hydrogen (secondary N) is 1. The third-order valence-corrected chi connectivity index (χ3v) is 6.36. The Kier molecular flexibility index (Phi) is 7.74. The van der Waals surface area contributed by atoms with Gasteiger partial charge in [-0.25, -0.2) is 12.8 Å². The Labute approximate surface area is 174 Å². The predicted octanol–water partition coefficient (Wildman–Crippen LogP) is 4.77. The third kappa shape index (κ3) is 5.40. The van der Waals surface area contributed by atoms with Gasteiger partial charge in [0.25, 0.3) is 0 Å². The summed E-state index contributed by atoms with van der Waals surface area (Å²) in [5, 5.41) is 2.61. The quantitative estimate of drug-likeness (QED) is 0.595. The molecule has 1 amide bonds. The molecule has 0 aliphatic heterocycles. The van der Waals surface area contributed by atoms with Gasteiger partial charge in [-0.15, -0.1) is 11.8 Å². The van der Waals surface area contributed by atoms with Crippen molar-refractivity contribution >= 4 is 50.7 Å². The molecule has 1 atom stereocenters. The number of benzene rings is 2. The number of sulfonamides is 1. The minimum absolute atomic E-state index is 0.132. The van der Waals surface area contributed by atoms with Gasteiger partial charge in [-0.05, 0) is 42.5 Å². The molecule has 1 N–H and O–H groups in total. The fourth-order valence-electron chi connectivity index (χ4n) is 2.75. The van der Waals surface area contributed by atoms with Crippen molar-refractivity contribution in [2.75, 3.05) is 21.6 Å². The lowest BCUT2D eigenvalue weighted by Gasteiger charge is -2.30. The van der Waals surface area contributed by atoms with E-state index >= 15 is 0 Å². The van der Waals surface area contributed by atoms with Gasteiger partial charge in [0.2, 0.25) is 15.9 Å². The molecular weight excluding hydrogens is 423 g/mol. The molecule has 0 spiro atoms. The first-order chi connectivity index (χ1) is 13.2. The molecule has 2 aromatic carbocycles. The van der Waals surface area contributed by atoms with E-state index in [-0.39, 0.29) is 17.1 Å². The lowest BCUT2D eigenvalue weighted by molar-refractivity contribution is -0.117. The van der Waals surface area contributed by atoms with Crippen LogP contribution in [-0.2, 0) is 14.8 Å². The van der Waals surface area contributed by atoms with Crippen LogP contribution in [0.25, 0.3) is 0 Å². The van der Waals surface area contributed by atoms with Crippen molar-refractivity contribution in [1.29, 1.82) is 0 Å². The highest BCUT2D eigenvalue weighted by Gasteiger charge is 2.32. The van der Waals surface area contributed by atoms with Gasteiger partial charge in [0, 0.05) is 4.90 Å². The monoisotopic (exact) mass is 444 g/mol. The molecule has 0 aromatic heterocycles. The molecule has 0 aliphatic rings. The third-order valence-electron chi connectivity index (χ3n) is 3.93. The Morgan fingerprint density at radius 1 is 1.25 bits per heavy atom. The van der Waals surface area contributed by atoms with Crippen molar-refractivity contribution in [3.8, 4) is 0 Å². The van der Waals surface area contributed by atoms with Crippen molar-refractivity contribution in [3.63, 3.8) is 0 Å². The summed E-state index contributed by atoms with van der Waals surface area (Å²) in [6.07, 6.45) is 1.22. The smallest absolute Gasteiger partial charge is 0.248 e. The van der Waals surface area contributed by atoms with Gasteiger partial charge >= 0.3 is 0 Å². The van der Waals surface area contributed by atoms with E-state index in [1.807, 2.05) is 19.1 Å². The molecule has 0 saturated heterocycles. The summed E-state index contributed by atoms with van der Waals surface area (Å²) < 4.78 is 39.4. The minimum Gasteiger partial charge on any atom is -0.323 e. The summed E-state index contributed by atoms with van der Waals surface area (Å²) in [5.74, 6) is -0.312. The number of nitrogens with zero attached hydrogens (tertiary/aromatic N) is 1. The average molecular weight is 445 g/mol. The number of amides is 1. The molecule has 0 aliphatic carbocycles. The molecule has 0 bridgehead atoms. The van der Waals surface area contributed by atoms with E-state index in [1.165, 1.54) is 12.1 Å². The molecule has 9 heteroatoms. The number of hydrogen-bond donors (Lipinski definition) is 1. The summed E-state index contributed by atoms with van der Waals surface area (Å²) in [4.78, 5) is 13.9. The lowest BCUT2D eigenvalue weighted by atomic mass is 10.1. The predicted molar refractivity (Wildman–Crippen MR) is 114 cm³/mol. The summed E-state index contributed by atoms with van der Waals surface area (Å²) >= 11 is 7.39. The Morgan fingerprint density at radius 2 is 1.93 bits per heavy atom. The summed E-state index contributed by atoms with van der Waals surface area (Å²) in [5.41, 5.74) is 0.746. The van der Waals surface area contributed by atoms with E-state index in [0.717, 1.165) is 27.3 Å². The molecule has 152 valence electrons. The van der Waals surface area contributed by atoms with Crippen LogP contribution >= 0.6 is 23.4 Å². The van der Waals surface area contributed by atoms with Crippen molar-refractivity contribution < 1.29 is 17.6 Å². The first kappa shape index (κ1) is 22.5. The van der Waals surface area contributed by atoms with Gasteiger partial charge in [-0.3, -0.25) is 9.10 Å². The molecule has 2 rings (SSSR count). The van der Waals surface area contributed by atoms with Crippen LogP contribution in [0.3, 0.4) is 0 Å². The second-order valence-corrected chi connectivity index (χ2v) is 9.57. The van der Waals surface area contributed by atoms with Gasteiger partial charge in [0.15, 0.2) is 0 Å². The zero-order valence-corrected chi connectivity index (χ0v) is 18.2. The number of rotatable bonds is 8. The van der Waals surface area contributed by atoms with Crippen LogP contribution in [0.1, 0.15) is 20.3 Å². The van der Waals surface area contributed by atoms with E-state index in [1.54, 1.807) is 30.8 Å². The van der Waals surface area contributed by atoms with E-state index < -0.39 is 27.8 Å². The molecule has 5 nitrogen and oxygen atoms in total. The highest BCUT2D eigenvalue weighted by atomic mass is 35.5. The maximum Gasteiger partial charge on any atom is 0.248 e. The van der Waals surface area contributed by atoms with E-state index in [0.29, 0.717) is 5.69 Å². The van der Waals surface area contributed by atoms with Crippen LogP contribution in [0.2, 0.25) is 5.02 Å². The van der Waals surface area contributed by atoms with Crippen LogP contribution in [0.15, 0.2) is 47.4 Å². The van der Waals surface area contributed by atoms with E-state index in [2.05, 4.69) is 5.32 Å². The Hall–Kier alpha value is -1.77. The molecule has 0 unspecified atom stereocenters. The molecule has 0 fully saturated rings. The van der Waals surface area contributed by atoms with Gasteiger partial charge in [0.05, 0.1) is 22.7 Å². The maximum absolute atomic E-state index is 13.5. The maximum atomic E-state index is 13.5. The number of carbonyl (C=O) groups excluding carboxylic acids is 1. The van der Waals surface area contributed by atoms with Crippen molar-refractivity contribution in [1.82, 2.24) is 0 Å². The Morgan fingerprint density at radius 3 is 2.50 bits per heavy atom. The van der Waals surface area contributed by atoms with Crippen LogP contribution in [-0.4, -0.2) is 32.4 Å². The molecular formula is C19H22ClFN2O3S2. The summed E-state index contributed by atoms with van der Waals surface area (Å²) in [7, 11) is -3.83. The number of thioether (sulfide) groups is 1. The van der Waals surface area contributed by atoms with E-state index in [9.17, 15) is 17.6 Å². The van der Waals surface area contributed by atoms with Crippen molar-refractivity contribution in [3.05, 3.63) is 53.3 Å². The fraction of sp³-hybridized carbons (Fsp3) is 0.316. The van der Waals surface area contributed by atoms with Gasteiger partial charge in [-0.2, -0.15) is 0 Å². The van der Waals surface area contributed by atoms with Crippen LogP contribution in [0, 0.1) is 5.82 Å². The second-order valence-electron chi connectivity index (χ2n) is 6.00. The second kappa shape index (κ2) is 9.62. The van der Waals surface area contributed by atoms with Crippen LogP contribution in [0.4, 0.5) is 15.8 Å². The van der Waals surface area contributed by atoms with Gasteiger partial charge in [-0.1, -0.05) is 37.6 Å². The first-order valence-electron chi connectivity index (χ1n) is 8.66. The highest BCUT2D eigenvalue weighted by molar-refractivity contribution is 7.99. The Balaban J connectivity index is 2.41. The average Bonchev–Trinajstić information content (AvgIpc) is 2.62. The first-order valence-corrected chi connectivity index (χ1v) is 11.9. The van der Waals surface area contributed by atoms with Crippen LogP contribution < -0.4 is 9.62 Å².